The second-order valence-electron chi connectivity index (χ2n) is 9.44. The van der Waals surface area contributed by atoms with Crippen LogP contribution in [0.5, 0.6) is 0 Å². The molecule has 0 saturated heterocycles. The van der Waals surface area contributed by atoms with Gasteiger partial charge in [-0.25, -0.2) is 0 Å². The average molecular weight is 438 g/mol. The van der Waals surface area contributed by atoms with Crippen molar-refractivity contribution in [2.45, 2.75) is 59.9 Å². The van der Waals surface area contributed by atoms with Crippen molar-refractivity contribution in [1.29, 1.82) is 0 Å². The minimum Gasteiger partial charge on any atom is -1.00 e. The lowest BCUT2D eigenvalue weighted by Crippen LogP contribution is -3.00. The quantitative estimate of drug-likeness (QED) is 0.403. The fourth-order valence-electron chi connectivity index (χ4n) is 5.72. The van der Waals surface area contributed by atoms with Gasteiger partial charge in [-0.15, -0.1) is 0 Å². The number of benzene rings is 1. The van der Waals surface area contributed by atoms with E-state index in [2.05, 4.69) is 58.0 Å². The molecule has 2 nitrogen and oxygen atoms in total. The highest BCUT2D eigenvalue weighted by atomic mass is 79.9. The zero-order valence-electron chi connectivity index (χ0n) is 17.9. The lowest BCUT2D eigenvalue weighted by atomic mass is 9.45. The molecule has 1 aromatic carbocycles. The summed E-state index contributed by atoms with van der Waals surface area (Å²) in [5.74, 6) is 2.88. The second kappa shape index (κ2) is 9.89. The van der Waals surface area contributed by atoms with Crippen LogP contribution in [0.25, 0.3) is 0 Å². The summed E-state index contributed by atoms with van der Waals surface area (Å²) < 4.78 is 7.28. The summed E-state index contributed by atoms with van der Waals surface area (Å²) in [6, 6.07) is 10.9. The number of hydrogen-bond acceptors (Lipinski definition) is 1. The Labute approximate surface area is 178 Å². The van der Waals surface area contributed by atoms with Crippen molar-refractivity contribution in [2.75, 3.05) is 32.8 Å². The van der Waals surface area contributed by atoms with Crippen LogP contribution in [-0.2, 0) is 11.3 Å². The van der Waals surface area contributed by atoms with Gasteiger partial charge in [0.15, 0.2) is 0 Å². The van der Waals surface area contributed by atoms with Crippen LogP contribution in [0.1, 0.15) is 58.9 Å². The summed E-state index contributed by atoms with van der Waals surface area (Å²) in [5.41, 5.74) is 2.05. The van der Waals surface area contributed by atoms with Gasteiger partial charge in [0.1, 0.15) is 13.1 Å². The highest BCUT2D eigenvalue weighted by Crippen LogP contribution is 2.61. The molecule has 0 radical (unpaired) electrons. The Bertz CT molecular complexity index is 553. The first-order chi connectivity index (χ1) is 12.5. The molecule has 27 heavy (non-hydrogen) atoms. The van der Waals surface area contributed by atoms with E-state index in [1.807, 2.05) is 0 Å². The number of ether oxygens (including phenoxy) is 1. The molecule has 0 aromatic heterocycles. The van der Waals surface area contributed by atoms with E-state index in [1.165, 1.54) is 44.3 Å². The molecule has 0 heterocycles. The largest absolute Gasteiger partial charge is 1.00 e. The first kappa shape index (κ1) is 22.9. The second-order valence-corrected chi connectivity index (χ2v) is 9.44. The Morgan fingerprint density at radius 2 is 1.74 bits per heavy atom. The van der Waals surface area contributed by atoms with Gasteiger partial charge >= 0.3 is 0 Å². The van der Waals surface area contributed by atoms with E-state index in [0.29, 0.717) is 5.41 Å². The molecule has 4 rings (SSSR count). The third-order valence-electron chi connectivity index (χ3n) is 8.05. The van der Waals surface area contributed by atoms with E-state index in [4.69, 9.17) is 4.74 Å². The smallest absolute Gasteiger partial charge is 0.104 e. The van der Waals surface area contributed by atoms with Crippen molar-refractivity contribution >= 4 is 0 Å². The van der Waals surface area contributed by atoms with Crippen molar-refractivity contribution in [1.82, 2.24) is 0 Å². The predicted molar refractivity (Wildman–Crippen MR) is 110 cm³/mol. The maximum absolute atomic E-state index is 6.15. The van der Waals surface area contributed by atoms with Gasteiger partial charge in [0.25, 0.3) is 0 Å². The van der Waals surface area contributed by atoms with E-state index in [9.17, 15) is 0 Å². The molecule has 3 aliphatic carbocycles. The monoisotopic (exact) mass is 437 g/mol. The third kappa shape index (κ3) is 5.16. The van der Waals surface area contributed by atoms with E-state index >= 15 is 0 Å². The lowest BCUT2D eigenvalue weighted by molar-refractivity contribution is -0.938. The molecule has 154 valence electrons. The summed E-state index contributed by atoms with van der Waals surface area (Å²) in [5, 5.41) is 0. The van der Waals surface area contributed by atoms with Gasteiger partial charge in [-0.05, 0) is 62.7 Å². The lowest BCUT2D eigenvalue weighted by Gasteiger charge is -2.60. The number of fused-ring (bicyclic) bond motifs is 2. The summed E-state index contributed by atoms with van der Waals surface area (Å²) in [7, 11) is 0. The summed E-state index contributed by atoms with van der Waals surface area (Å²) >= 11 is 0. The molecule has 0 aliphatic heterocycles. The van der Waals surface area contributed by atoms with Crippen molar-refractivity contribution < 1.29 is 26.2 Å². The maximum Gasteiger partial charge on any atom is 0.104 e. The van der Waals surface area contributed by atoms with Gasteiger partial charge in [-0.1, -0.05) is 44.2 Å². The van der Waals surface area contributed by atoms with Crippen molar-refractivity contribution in [3.8, 4) is 0 Å². The third-order valence-corrected chi connectivity index (χ3v) is 8.05. The van der Waals surface area contributed by atoms with E-state index in [-0.39, 0.29) is 17.0 Å². The van der Waals surface area contributed by atoms with Crippen LogP contribution in [0.2, 0.25) is 0 Å². The number of quaternary nitrogens is 1. The molecular weight excluding hydrogens is 398 g/mol. The highest BCUT2D eigenvalue weighted by Gasteiger charge is 2.53. The molecule has 1 aromatic rings. The molecule has 3 saturated carbocycles. The first-order valence-corrected chi connectivity index (χ1v) is 11.0. The molecule has 3 unspecified atom stereocenters. The van der Waals surface area contributed by atoms with Gasteiger partial charge in [-0.2, -0.15) is 0 Å². The Kier molecular flexibility index (Phi) is 8.39. The van der Waals surface area contributed by atoms with E-state index in [1.54, 1.807) is 0 Å². The van der Waals surface area contributed by atoms with Crippen LogP contribution in [0, 0.1) is 23.2 Å². The summed E-state index contributed by atoms with van der Waals surface area (Å²) in [6.45, 7) is 16.1. The topological polar surface area (TPSA) is 9.23 Å². The minimum absolute atomic E-state index is 0. The van der Waals surface area contributed by atoms with Gasteiger partial charge in [0, 0.05) is 12.2 Å². The molecular formula is C24H40BrNO. The van der Waals surface area contributed by atoms with Gasteiger partial charge in [0.05, 0.1) is 19.7 Å². The molecule has 3 fully saturated rings. The average Bonchev–Trinajstić information content (AvgIpc) is 2.67. The Balaban J connectivity index is 0.00000261. The van der Waals surface area contributed by atoms with Crippen molar-refractivity contribution in [3.63, 3.8) is 0 Å². The van der Waals surface area contributed by atoms with Crippen LogP contribution < -0.4 is 17.0 Å². The SMILES string of the molecule is CC[N+](CC)(CCOCCC1CCC2CC1C2(C)C)Cc1ccccc1.[Br-]. The number of halogens is 1. The van der Waals surface area contributed by atoms with E-state index < -0.39 is 0 Å². The fraction of sp³-hybridized carbons (Fsp3) is 0.750. The van der Waals surface area contributed by atoms with E-state index in [0.717, 1.165) is 48.5 Å². The number of hydrogen-bond donors (Lipinski definition) is 0. The van der Waals surface area contributed by atoms with Crippen LogP contribution in [0.4, 0.5) is 0 Å². The fourth-order valence-corrected chi connectivity index (χ4v) is 5.72. The molecule has 3 atom stereocenters. The van der Waals surface area contributed by atoms with Crippen molar-refractivity contribution in [2.24, 2.45) is 23.2 Å². The Morgan fingerprint density at radius 3 is 2.33 bits per heavy atom. The molecule has 0 N–H and O–H groups in total. The Hall–Kier alpha value is -0.380. The van der Waals surface area contributed by atoms with Crippen LogP contribution in [0.3, 0.4) is 0 Å². The van der Waals surface area contributed by atoms with Gasteiger partial charge in [-0.3, -0.25) is 0 Å². The van der Waals surface area contributed by atoms with Crippen LogP contribution in [-0.4, -0.2) is 37.3 Å². The van der Waals surface area contributed by atoms with Gasteiger partial charge < -0.3 is 26.2 Å². The number of likely N-dealkylation sites (N-methyl/N-ethyl adjacent to an activating group) is 1. The molecule has 3 heteroatoms. The normalized spacial score (nSPS) is 26.1. The first-order valence-electron chi connectivity index (χ1n) is 11.0. The predicted octanol–water partition coefficient (Wildman–Crippen LogP) is 2.53. The number of nitrogens with zero attached hydrogens (tertiary/aromatic N) is 1. The van der Waals surface area contributed by atoms with Gasteiger partial charge in [0.2, 0.25) is 0 Å². The minimum atomic E-state index is 0. The molecule has 0 spiro atoms. The Morgan fingerprint density at radius 1 is 1.04 bits per heavy atom. The summed E-state index contributed by atoms with van der Waals surface area (Å²) in [6.07, 6.45) is 5.66. The zero-order valence-corrected chi connectivity index (χ0v) is 19.5. The maximum atomic E-state index is 6.15. The zero-order chi connectivity index (χ0) is 18.6. The molecule has 3 aliphatic rings. The summed E-state index contributed by atoms with van der Waals surface area (Å²) in [4.78, 5) is 0. The standard InChI is InChI=1S/C24H40NO.BrH/c1-5-25(6-2,19-20-10-8-7-9-11-20)15-17-26-16-14-21-12-13-22-18-23(21)24(22,3)4;/h7-11,21-23H,5-6,12-19H2,1-4H3;1H/q+1;/p-1. The highest BCUT2D eigenvalue weighted by molar-refractivity contribution is 5.13. The number of rotatable bonds is 10. The molecule has 0 amide bonds. The van der Waals surface area contributed by atoms with Crippen LogP contribution >= 0.6 is 0 Å². The van der Waals surface area contributed by atoms with Crippen molar-refractivity contribution in [3.05, 3.63) is 35.9 Å². The van der Waals surface area contributed by atoms with Crippen LogP contribution in [0.15, 0.2) is 30.3 Å². The molecule has 2 bridgehead atoms.